The number of carbonyl (C=O) groups excluding carboxylic acids is 2. The molecule has 2 N–H and O–H groups in total. The number of fused-ring (bicyclic) bond motifs is 1. The van der Waals surface area contributed by atoms with Gasteiger partial charge in [0.1, 0.15) is 5.82 Å². The van der Waals surface area contributed by atoms with Crippen molar-refractivity contribution in [3.05, 3.63) is 41.0 Å². The fourth-order valence-corrected chi connectivity index (χ4v) is 3.68. The molecule has 0 bridgehead atoms. The van der Waals surface area contributed by atoms with Crippen molar-refractivity contribution in [3.8, 4) is 0 Å². The van der Waals surface area contributed by atoms with E-state index in [1.54, 1.807) is 17.0 Å². The summed E-state index contributed by atoms with van der Waals surface area (Å²) in [4.78, 5) is 26.3. The molecule has 2 aliphatic rings. The van der Waals surface area contributed by atoms with Crippen LogP contribution in [0.25, 0.3) is 0 Å². The van der Waals surface area contributed by atoms with Crippen molar-refractivity contribution in [1.29, 1.82) is 0 Å². The Bertz CT molecular complexity index is 875. The van der Waals surface area contributed by atoms with Gasteiger partial charge in [0.25, 0.3) is 5.91 Å². The fourth-order valence-electron chi connectivity index (χ4n) is 3.68. The number of hydrogen-bond donors (Lipinski definition) is 2. The van der Waals surface area contributed by atoms with Crippen molar-refractivity contribution < 1.29 is 9.59 Å². The highest BCUT2D eigenvalue weighted by Crippen LogP contribution is 2.23. The Morgan fingerprint density at radius 2 is 2.11 bits per heavy atom. The first-order valence-corrected chi connectivity index (χ1v) is 9.48. The van der Waals surface area contributed by atoms with Gasteiger partial charge in [-0.05, 0) is 37.5 Å². The second-order valence-electron chi connectivity index (χ2n) is 7.06. The minimum Gasteiger partial charge on any atom is -0.345 e. The van der Waals surface area contributed by atoms with Crippen molar-refractivity contribution in [1.82, 2.24) is 25.4 Å². The van der Waals surface area contributed by atoms with Crippen molar-refractivity contribution in [3.63, 3.8) is 0 Å². The van der Waals surface area contributed by atoms with E-state index in [1.165, 1.54) is 6.42 Å². The highest BCUT2D eigenvalue weighted by molar-refractivity contribution is 5.99. The predicted molar refractivity (Wildman–Crippen MR) is 101 cm³/mol. The van der Waals surface area contributed by atoms with Crippen LogP contribution in [0.3, 0.4) is 0 Å². The number of nitrogens with zero attached hydrogens (tertiary/aromatic N) is 4. The van der Waals surface area contributed by atoms with E-state index in [-0.39, 0.29) is 11.9 Å². The Hall–Kier alpha value is -2.90. The second-order valence-corrected chi connectivity index (χ2v) is 7.06. The van der Waals surface area contributed by atoms with Crippen LogP contribution in [0.5, 0.6) is 0 Å². The lowest BCUT2D eigenvalue weighted by atomic mass is 10.1. The maximum Gasteiger partial charge on any atom is 0.322 e. The van der Waals surface area contributed by atoms with Crippen LogP contribution in [0, 0.1) is 6.92 Å². The summed E-state index contributed by atoms with van der Waals surface area (Å²) in [5.41, 5.74) is 2.27. The molecule has 0 radical (unpaired) electrons. The Morgan fingerprint density at radius 1 is 1.22 bits per heavy atom. The van der Waals surface area contributed by atoms with Gasteiger partial charge in [-0.25, -0.2) is 4.79 Å². The molecule has 27 heavy (non-hydrogen) atoms. The van der Waals surface area contributed by atoms with E-state index < -0.39 is 0 Å². The number of carbonyl (C=O) groups is 2. The molecule has 4 rings (SSSR count). The molecule has 0 aliphatic carbocycles. The smallest absolute Gasteiger partial charge is 0.322 e. The van der Waals surface area contributed by atoms with E-state index in [1.807, 2.05) is 13.0 Å². The number of hydrogen-bond acceptors (Lipinski definition) is 4. The molecule has 8 nitrogen and oxygen atoms in total. The summed E-state index contributed by atoms with van der Waals surface area (Å²) in [6.45, 7) is 4.42. The minimum atomic E-state index is -0.179. The van der Waals surface area contributed by atoms with Crippen LogP contribution in [-0.2, 0) is 19.5 Å². The van der Waals surface area contributed by atoms with Gasteiger partial charge in [-0.2, -0.15) is 0 Å². The van der Waals surface area contributed by atoms with Gasteiger partial charge < -0.3 is 15.2 Å². The van der Waals surface area contributed by atoms with Crippen molar-refractivity contribution in [2.45, 2.75) is 45.7 Å². The van der Waals surface area contributed by atoms with Crippen molar-refractivity contribution >= 4 is 17.6 Å². The largest absolute Gasteiger partial charge is 0.345 e. The van der Waals surface area contributed by atoms with Gasteiger partial charge in [-0.15, -0.1) is 10.2 Å². The number of amides is 3. The lowest BCUT2D eigenvalue weighted by molar-refractivity contribution is 0.0949. The maximum atomic E-state index is 12.6. The molecule has 2 aliphatic heterocycles. The topological polar surface area (TPSA) is 92.2 Å². The van der Waals surface area contributed by atoms with E-state index >= 15 is 0 Å². The fraction of sp³-hybridized carbons (Fsp3) is 0.474. The average Bonchev–Trinajstić information content (AvgIpc) is 3.18. The van der Waals surface area contributed by atoms with Gasteiger partial charge >= 0.3 is 6.03 Å². The summed E-state index contributed by atoms with van der Waals surface area (Å²) >= 11 is 0. The molecular weight excluding hydrogens is 344 g/mol. The maximum absolute atomic E-state index is 12.6. The summed E-state index contributed by atoms with van der Waals surface area (Å²) in [6.07, 6.45) is 4.40. The van der Waals surface area contributed by atoms with Crippen LogP contribution in [-0.4, -0.2) is 39.8 Å². The molecule has 0 saturated carbocycles. The standard InChI is InChI=1S/C19H24N6O2/c1-13-6-7-14(11-15(13)24-10-8-20-19(24)27)18(26)21-12-17-23-22-16-5-3-2-4-9-25(16)17/h6-7,11H,2-5,8-10,12H2,1H3,(H,20,27)(H,21,26). The third kappa shape index (κ3) is 3.51. The predicted octanol–water partition coefficient (Wildman–Crippen LogP) is 1.77. The van der Waals surface area contributed by atoms with E-state index in [0.29, 0.717) is 25.2 Å². The highest BCUT2D eigenvalue weighted by atomic mass is 16.2. The molecule has 0 atom stereocenters. The molecule has 1 fully saturated rings. The zero-order valence-corrected chi connectivity index (χ0v) is 15.5. The quantitative estimate of drug-likeness (QED) is 0.860. The molecule has 0 unspecified atom stereocenters. The Balaban J connectivity index is 1.47. The average molecular weight is 368 g/mol. The molecule has 142 valence electrons. The first-order valence-electron chi connectivity index (χ1n) is 9.48. The van der Waals surface area contributed by atoms with Crippen LogP contribution >= 0.6 is 0 Å². The van der Waals surface area contributed by atoms with Gasteiger partial charge in [-0.1, -0.05) is 12.5 Å². The lowest BCUT2D eigenvalue weighted by Crippen LogP contribution is -2.29. The Labute approximate surface area is 158 Å². The van der Waals surface area contributed by atoms with E-state index in [2.05, 4.69) is 25.4 Å². The summed E-state index contributed by atoms with van der Waals surface area (Å²) in [6, 6.07) is 5.31. The van der Waals surface area contributed by atoms with Gasteiger partial charge in [0, 0.05) is 37.3 Å². The summed E-state index contributed by atoms with van der Waals surface area (Å²) < 4.78 is 2.13. The third-order valence-electron chi connectivity index (χ3n) is 5.21. The molecule has 1 aromatic heterocycles. The van der Waals surface area contributed by atoms with Crippen LogP contribution in [0.1, 0.15) is 46.8 Å². The first kappa shape index (κ1) is 17.5. The normalized spacial score (nSPS) is 16.6. The molecule has 0 spiro atoms. The van der Waals surface area contributed by atoms with Crippen LogP contribution in [0.4, 0.5) is 10.5 Å². The number of aromatic nitrogens is 3. The Kier molecular flexibility index (Phi) is 4.79. The van der Waals surface area contributed by atoms with Gasteiger partial charge in [0.05, 0.1) is 6.54 Å². The van der Waals surface area contributed by atoms with Gasteiger partial charge in [-0.3, -0.25) is 9.69 Å². The zero-order chi connectivity index (χ0) is 18.8. The number of anilines is 1. The van der Waals surface area contributed by atoms with Crippen LogP contribution < -0.4 is 15.5 Å². The van der Waals surface area contributed by atoms with Crippen LogP contribution in [0.15, 0.2) is 18.2 Å². The number of benzene rings is 1. The zero-order valence-electron chi connectivity index (χ0n) is 15.5. The summed E-state index contributed by atoms with van der Waals surface area (Å²) in [7, 11) is 0. The number of urea groups is 1. The van der Waals surface area contributed by atoms with Crippen molar-refractivity contribution in [2.24, 2.45) is 0 Å². The third-order valence-corrected chi connectivity index (χ3v) is 5.21. The highest BCUT2D eigenvalue weighted by Gasteiger charge is 2.23. The van der Waals surface area contributed by atoms with Gasteiger partial charge in [0.15, 0.2) is 5.82 Å². The summed E-state index contributed by atoms with van der Waals surface area (Å²) in [5, 5.41) is 14.2. The number of aryl methyl sites for hydroxylation is 2. The van der Waals surface area contributed by atoms with Crippen LogP contribution in [0.2, 0.25) is 0 Å². The van der Waals surface area contributed by atoms with Crippen molar-refractivity contribution in [2.75, 3.05) is 18.0 Å². The van der Waals surface area contributed by atoms with E-state index in [4.69, 9.17) is 0 Å². The minimum absolute atomic E-state index is 0.123. The molecule has 3 heterocycles. The molecule has 8 heteroatoms. The molecule has 3 amide bonds. The second kappa shape index (κ2) is 7.38. The number of nitrogens with one attached hydrogen (secondary N) is 2. The molecule has 1 saturated heterocycles. The summed E-state index contributed by atoms with van der Waals surface area (Å²) in [5.74, 6) is 1.63. The lowest BCUT2D eigenvalue weighted by Gasteiger charge is -2.18. The first-order chi connectivity index (χ1) is 13.1. The molecule has 1 aromatic carbocycles. The van der Waals surface area contributed by atoms with E-state index in [0.717, 1.165) is 48.7 Å². The SMILES string of the molecule is Cc1ccc(C(=O)NCc2nnc3n2CCCCC3)cc1N1CCNC1=O. The monoisotopic (exact) mass is 368 g/mol. The Morgan fingerprint density at radius 3 is 2.93 bits per heavy atom. The van der Waals surface area contributed by atoms with E-state index in [9.17, 15) is 9.59 Å². The molecular formula is C19H24N6O2. The molecule has 2 aromatic rings. The number of rotatable bonds is 4. The van der Waals surface area contributed by atoms with Gasteiger partial charge in [0.2, 0.25) is 0 Å².